The summed E-state index contributed by atoms with van der Waals surface area (Å²) in [6.07, 6.45) is -13.3. The Kier molecular flexibility index (Phi) is 12.0. The van der Waals surface area contributed by atoms with E-state index in [9.17, 15) is 51.1 Å². The van der Waals surface area contributed by atoms with Crippen LogP contribution in [0.5, 0.6) is 0 Å². The minimum absolute atomic E-state index is 0.0656. The zero-order chi connectivity index (χ0) is 38.0. The van der Waals surface area contributed by atoms with Crippen molar-refractivity contribution >= 4 is 0 Å². The first kappa shape index (κ1) is 40.3. The van der Waals surface area contributed by atoms with Gasteiger partial charge < -0.3 is 79.5 Å². The standard InChI is InChI=1S/C37H60O16/c1-36-9-3-4-19(36)18-6-5-16-12-17(7-11-37(16,2)20(18)8-10-36)49-35-31(47)32(53-34-30(46)28(44)25(41)22(14-39)51-34)26(42)23(52-35)15-48-33-29(45)27(43)24(40)21(13-38)50-33/h16-17,19,21-35,38-47H,3-15H2,1-2H3/t16-,17-,19+,21+,22-,23-,24+,25+,26-,27-,28+,29+,30-,31-,32+,33+,34+,35-,36-,37-/m0/s1. The molecule has 3 aliphatic heterocycles. The van der Waals surface area contributed by atoms with E-state index in [0.717, 1.165) is 32.1 Å². The summed E-state index contributed by atoms with van der Waals surface area (Å²) in [5, 5.41) is 105. The summed E-state index contributed by atoms with van der Waals surface area (Å²) in [5.41, 5.74) is 3.83. The van der Waals surface area contributed by atoms with Crippen LogP contribution in [0.3, 0.4) is 0 Å². The highest BCUT2D eigenvalue weighted by Crippen LogP contribution is 2.63. The zero-order valence-corrected chi connectivity index (χ0v) is 30.5. The number of ether oxygens (including phenoxy) is 6. The van der Waals surface area contributed by atoms with Crippen molar-refractivity contribution < 1.29 is 79.5 Å². The van der Waals surface area contributed by atoms with E-state index in [4.69, 9.17) is 28.4 Å². The molecule has 2 saturated carbocycles. The van der Waals surface area contributed by atoms with Gasteiger partial charge in [-0.1, -0.05) is 31.4 Å². The fourth-order valence-electron chi connectivity index (χ4n) is 10.8. The van der Waals surface area contributed by atoms with Crippen molar-refractivity contribution in [2.75, 3.05) is 19.8 Å². The van der Waals surface area contributed by atoms with Gasteiger partial charge in [-0.05, 0) is 80.5 Å². The van der Waals surface area contributed by atoms with Crippen LogP contribution in [0.15, 0.2) is 11.1 Å². The second-order valence-electron chi connectivity index (χ2n) is 17.1. The van der Waals surface area contributed by atoms with E-state index in [0.29, 0.717) is 23.7 Å². The van der Waals surface area contributed by atoms with Crippen LogP contribution in [-0.2, 0) is 28.4 Å². The van der Waals surface area contributed by atoms with Crippen molar-refractivity contribution in [3.8, 4) is 0 Å². The molecule has 53 heavy (non-hydrogen) atoms. The second-order valence-corrected chi connectivity index (χ2v) is 17.1. The molecule has 0 radical (unpaired) electrons. The Bertz CT molecular complexity index is 1300. The van der Waals surface area contributed by atoms with Gasteiger partial charge >= 0.3 is 0 Å². The normalized spacial score (nSPS) is 53.2. The molecule has 4 aliphatic carbocycles. The van der Waals surface area contributed by atoms with Crippen molar-refractivity contribution in [1.82, 2.24) is 0 Å². The van der Waals surface area contributed by atoms with Crippen LogP contribution >= 0.6 is 0 Å². The SMILES string of the molecule is C[C@@]12CCC[C@@H]1C1=C(CC2)[C@@]2(C)CC[C@H](O[C@H]3O[C@@H](CO[C@@H]4O[C@H](CO)[C@@H](O)[C@H](O)[C@H]4O)[C@H](O)[C@@H](O[C@H]4O[C@@H](CO)[C@@H](O)[C@@H](O)[C@@H]4O)[C@@H]3O)C[C@@H]2CC1. The molecule has 5 fully saturated rings. The van der Waals surface area contributed by atoms with E-state index in [1.807, 2.05) is 0 Å². The molecule has 0 bridgehead atoms. The molecule has 0 spiro atoms. The summed E-state index contributed by atoms with van der Waals surface area (Å²) in [4.78, 5) is 0. The Labute approximate surface area is 309 Å². The Morgan fingerprint density at radius 3 is 1.92 bits per heavy atom. The number of hydrogen-bond acceptors (Lipinski definition) is 16. The summed E-state index contributed by atoms with van der Waals surface area (Å²) in [5.74, 6) is 1.04. The lowest BCUT2D eigenvalue weighted by molar-refractivity contribution is -0.370. The van der Waals surface area contributed by atoms with Crippen LogP contribution < -0.4 is 0 Å². The van der Waals surface area contributed by atoms with E-state index < -0.39 is 112 Å². The van der Waals surface area contributed by atoms with Crippen LogP contribution in [0.2, 0.25) is 0 Å². The van der Waals surface area contributed by atoms with Crippen LogP contribution in [0.4, 0.5) is 0 Å². The molecule has 304 valence electrons. The predicted molar refractivity (Wildman–Crippen MR) is 180 cm³/mol. The molecule has 10 N–H and O–H groups in total. The summed E-state index contributed by atoms with van der Waals surface area (Å²) in [6, 6.07) is 0. The second kappa shape index (κ2) is 15.8. The van der Waals surface area contributed by atoms with E-state index in [-0.39, 0.29) is 11.5 Å². The third-order valence-electron chi connectivity index (χ3n) is 14.1. The van der Waals surface area contributed by atoms with Crippen molar-refractivity contribution in [2.45, 2.75) is 176 Å². The number of allylic oxidation sites excluding steroid dienone is 2. The lowest BCUT2D eigenvalue weighted by atomic mass is 9.51. The number of aliphatic hydroxyl groups excluding tert-OH is 10. The average molecular weight is 761 g/mol. The van der Waals surface area contributed by atoms with Gasteiger partial charge in [0.25, 0.3) is 0 Å². The molecule has 7 aliphatic rings. The van der Waals surface area contributed by atoms with Crippen LogP contribution in [-0.4, -0.2) is 169 Å². The van der Waals surface area contributed by atoms with Gasteiger partial charge in [-0.15, -0.1) is 0 Å². The van der Waals surface area contributed by atoms with Gasteiger partial charge in [-0.3, -0.25) is 0 Å². The van der Waals surface area contributed by atoms with Gasteiger partial charge in [-0.25, -0.2) is 0 Å². The Morgan fingerprint density at radius 2 is 1.25 bits per heavy atom. The molecular formula is C37H60O16. The quantitative estimate of drug-likeness (QED) is 0.118. The third-order valence-corrected chi connectivity index (χ3v) is 14.1. The minimum Gasteiger partial charge on any atom is -0.394 e. The van der Waals surface area contributed by atoms with Gasteiger partial charge in [0.1, 0.15) is 73.2 Å². The molecule has 0 aromatic heterocycles. The number of rotatable bonds is 9. The molecule has 20 atom stereocenters. The molecule has 0 aromatic carbocycles. The summed E-state index contributed by atoms with van der Waals surface area (Å²) < 4.78 is 35.1. The summed E-state index contributed by atoms with van der Waals surface area (Å²) in [6.45, 7) is 2.97. The Hall–Kier alpha value is -0.900. The molecule has 0 unspecified atom stereocenters. The number of fused-ring (bicyclic) bond motifs is 4. The summed E-state index contributed by atoms with van der Waals surface area (Å²) in [7, 11) is 0. The maximum absolute atomic E-state index is 11.6. The van der Waals surface area contributed by atoms with Gasteiger partial charge in [0.2, 0.25) is 0 Å². The van der Waals surface area contributed by atoms with Crippen molar-refractivity contribution in [3.63, 3.8) is 0 Å². The first-order valence-corrected chi connectivity index (χ1v) is 19.5. The predicted octanol–water partition coefficient (Wildman–Crippen LogP) is -1.68. The van der Waals surface area contributed by atoms with E-state index in [1.54, 1.807) is 11.1 Å². The molecule has 0 amide bonds. The lowest BCUT2D eigenvalue weighted by Crippen LogP contribution is -2.65. The highest BCUT2D eigenvalue weighted by atomic mass is 16.7. The minimum atomic E-state index is -1.82. The average Bonchev–Trinajstić information content (AvgIpc) is 3.55. The zero-order valence-electron chi connectivity index (χ0n) is 30.5. The third kappa shape index (κ3) is 7.28. The highest BCUT2D eigenvalue weighted by molar-refractivity contribution is 5.33. The van der Waals surface area contributed by atoms with E-state index in [2.05, 4.69) is 13.8 Å². The highest BCUT2D eigenvalue weighted by Gasteiger charge is 2.55. The number of aliphatic hydroxyl groups is 10. The Balaban J connectivity index is 1.07. The van der Waals surface area contributed by atoms with E-state index in [1.165, 1.54) is 25.7 Å². The van der Waals surface area contributed by atoms with Crippen LogP contribution in [0, 0.1) is 22.7 Å². The molecular weight excluding hydrogens is 700 g/mol. The van der Waals surface area contributed by atoms with Gasteiger partial charge in [-0.2, -0.15) is 0 Å². The molecule has 16 heteroatoms. The molecule has 16 nitrogen and oxygen atoms in total. The maximum atomic E-state index is 11.6. The molecule has 7 rings (SSSR count). The maximum Gasteiger partial charge on any atom is 0.187 e. The first-order valence-electron chi connectivity index (χ1n) is 19.5. The fourth-order valence-corrected chi connectivity index (χ4v) is 10.8. The molecule has 3 heterocycles. The van der Waals surface area contributed by atoms with Crippen LogP contribution in [0.1, 0.15) is 78.1 Å². The van der Waals surface area contributed by atoms with Crippen molar-refractivity contribution in [2.24, 2.45) is 22.7 Å². The lowest BCUT2D eigenvalue weighted by Gasteiger charge is -2.54. The topological polar surface area (TPSA) is 258 Å². The van der Waals surface area contributed by atoms with Crippen molar-refractivity contribution in [3.05, 3.63) is 11.1 Å². The van der Waals surface area contributed by atoms with Crippen LogP contribution in [0.25, 0.3) is 0 Å². The fraction of sp³-hybridized carbons (Fsp3) is 0.946. The monoisotopic (exact) mass is 760 g/mol. The molecule has 3 saturated heterocycles. The first-order chi connectivity index (χ1) is 25.2. The summed E-state index contributed by atoms with van der Waals surface area (Å²) >= 11 is 0. The van der Waals surface area contributed by atoms with Gasteiger partial charge in [0, 0.05) is 0 Å². The number of hydrogen-bond donors (Lipinski definition) is 10. The van der Waals surface area contributed by atoms with Gasteiger partial charge in [0.15, 0.2) is 18.9 Å². The van der Waals surface area contributed by atoms with E-state index >= 15 is 0 Å². The smallest absolute Gasteiger partial charge is 0.187 e. The largest absolute Gasteiger partial charge is 0.394 e. The Morgan fingerprint density at radius 1 is 0.623 bits per heavy atom. The molecule has 0 aromatic rings. The van der Waals surface area contributed by atoms with Crippen molar-refractivity contribution in [1.29, 1.82) is 0 Å². The van der Waals surface area contributed by atoms with Gasteiger partial charge in [0.05, 0.1) is 25.9 Å².